The topological polar surface area (TPSA) is 58.6 Å². The molecule has 0 unspecified atom stereocenters. The van der Waals surface area contributed by atoms with E-state index in [4.69, 9.17) is 4.74 Å². The number of hydrogen-bond acceptors (Lipinski definition) is 3. The van der Waals surface area contributed by atoms with E-state index >= 15 is 0 Å². The van der Waals surface area contributed by atoms with Gasteiger partial charge in [0.15, 0.2) is 0 Å². The molecule has 0 radical (unpaired) electrons. The minimum atomic E-state index is -0.104. The summed E-state index contributed by atoms with van der Waals surface area (Å²) in [6.45, 7) is 3.14. The van der Waals surface area contributed by atoms with Gasteiger partial charge in [-0.15, -0.1) is 0 Å². The lowest BCUT2D eigenvalue weighted by atomic mass is 10.1. The second-order valence-electron chi connectivity index (χ2n) is 5.17. The molecule has 1 aliphatic carbocycles. The number of benzene rings is 1. The van der Waals surface area contributed by atoms with Crippen molar-refractivity contribution in [2.75, 3.05) is 20.3 Å². The molecule has 0 aromatic heterocycles. The maximum atomic E-state index is 12.1. The molecule has 2 amide bonds. The van der Waals surface area contributed by atoms with E-state index in [0.29, 0.717) is 24.8 Å². The number of rotatable bonds is 7. The van der Waals surface area contributed by atoms with Crippen molar-refractivity contribution in [3.63, 3.8) is 0 Å². The highest BCUT2D eigenvalue weighted by atomic mass is 16.5. The highest BCUT2D eigenvalue weighted by molar-refractivity contribution is 5.93. The summed E-state index contributed by atoms with van der Waals surface area (Å²) in [5.74, 6) is -0.0669. The third kappa shape index (κ3) is 4.29. The van der Waals surface area contributed by atoms with Crippen LogP contribution in [-0.2, 0) is 16.1 Å². The molecule has 1 fully saturated rings. The average molecular weight is 290 g/mol. The Bertz CT molecular complexity index is 495. The van der Waals surface area contributed by atoms with Crippen LogP contribution >= 0.6 is 0 Å². The van der Waals surface area contributed by atoms with Crippen molar-refractivity contribution in [1.82, 2.24) is 10.2 Å². The predicted molar refractivity (Wildman–Crippen MR) is 79.9 cm³/mol. The number of carbonyl (C=O) groups is 2. The Morgan fingerprint density at radius 3 is 2.48 bits per heavy atom. The molecular formula is C16H22N2O3. The fourth-order valence-corrected chi connectivity index (χ4v) is 2.18. The molecule has 5 nitrogen and oxygen atoms in total. The van der Waals surface area contributed by atoms with Gasteiger partial charge in [-0.2, -0.15) is 0 Å². The predicted octanol–water partition coefficient (Wildman–Crippen LogP) is 1.57. The molecule has 2 rings (SSSR count). The van der Waals surface area contributed by atoms with Crippen molar-refractivity contribution >= 4 is 11.8 Å². The first-order chi connectivity index (χ1) is 10.2. The van der Waals surface area contributed by atoms with E-state index in [1.54, 1.807) is 19.2 Å². The van der Waals surface area contributed by atoms with Crippen LogP contribution in [0.25, 0.3) is 0 Å². The number of hydrogen-bond donors (Lipinski definition) is 1. The van der Waals surface area contributed by atoms with E-state index < -0.39 is 0 Å². The summed E-state index contributed by atoms with van der Waals surface area (Å²) >= 11 is 0. The molecular weight excluding hydrogens is 268 g/mol. The lowest BCUT2D eigenvalue weighted by molar-refractivity contribution is -0.137. The quantitative estimate of drug-likeness (QED) is 0.829. The number of nitrogens with zero attached hydrogens (tertiary/aromatic N) is 1. The van der Waals surface area contributed by atoms with E-state index in [1.165, 1.54) is 0 Å². The van der Waals surface area contributed by atoms with Gasteiger partial charge in [0.1, 0.15) is 6.61 Å². The molecule has 1 N–H and O–H groups in total. The van der Waals surface area contributed by atoms with Gasteiger partial charge in [0.05, 0.1) is 0 Å². The second-order valence-corrected chi connectivity index (χ2v) is 5.17. The van der Waals surface area contributed by atoms with E-state index in [0.717, 1.165) is 18.4 Å². The van der Waals surface area contributed by atoms with Gasteiger partial charge in [-0.3, -0.25) is 9.59 Å². The minimum absolute atomic E-state index is 0.0368. The van der Waals surface area contributed by atoms with Crippen LogP contribution in [0.3, 0.4) is 0 Å². The van der Waals surface area contributed by atoms with Crippen molar-refractivity contribution in [3.05, 3.63) is 35.4 Å². The molecule has 1 saturated carbocycles. The molecule has 114 valence electrons. The number of amides is 2. The van der Waals surface area contributed by atoms with Gasteiger partial charge in [-0.1, -0.05) is 12.1 Å². The van der Waals surface area contributed by atoms with Crippen LogP contribution in [0.4, 0.5) is 0 Å². The number of carbonyl (C=O) groups excluding carboxylic acids is 2. The first-order valence-corrected chi connectivity index (χ1v) is 7.34. The van der Waals surface area contributed by atoms with Crippen molar-refractivity contribution in [2.45, 2.75) is 32.4 Å². The summed E-state index contributed by atoms with van der Waals surface area (Å²) in [5.41, 5.74) is 1.65. The molecule has 5 heteroatoms. The van der Waals surface area contributed by atoms with Crippen LogP contribution in [0.1, 0.15) is 35.7 Å². The van der Waals surface area contributed by atoms with Gasteiger partial charge in [0.2, 0.25) is 5.91 Å². The summed E-state index contributed by atoms with van der Waals surface area (Å²) in [4.78, 5) is 25.5. The minimum Gasteiger partial charge on any atom is -0.372 e. The molecule has 0 atom stereocenters. The van der Waals surface area contributed by atoms with Gasteiger partial charge in [-0.05, 0) is 37.5 Å². The Morgan fingerprint density at radius 1 is 1.29 bits per heavy atom. The fourth-order valence-electron chi connectivity index (χ4n) is 2.18. The van der Waals surface area contributed by atoms with E-state index in [2.05, 4.69) is 5.32 Å². The van der Waals surface area contributed by atoms with Crippen LogP contribution in [0, 0.1) is 0 Å². The zero-order valence-corrected chi connectivity index (χ0v) is 12.6. The molecule has 21 heavy (non-hydrogen) atoms. The molecule has 0 saturated heterocycles. The van der Waals surface area contributed by atoms with Gasteiger partial charge < -0.3 is 15.0 Å². The smallest absolute Gasteiger partial charge is 0.251 e. The second kappa shape index (κ2) is 7.22. The number of nitrogens with one attached hydrogen (secondary N) is 1. The third-order valence-electron chi connectivity index (χ3n) is 3.53. The van der Waals surface area contributed by atoms with Crippen molar-refractivity contribution < 1.29 is 14.3 Å². The van der Waals surface area contributed by atoms with Gasteiger partial charge in [-0.25, -0.2) is 0 Å². The average Bonchev–Trinajstić information content (AvgIpc) is 3.34. The zero-order chi connectivity index (χ0) is 15.2. The zero-order valence-electron chi connectivity index (χ0n) is 12.6. The van der Waals surface area contributed by atoms with Crippen LogP contribution in [-0.4, -0.2) is 43.0 Å². The summed E-state index contributed by atoms with van der Waals surface area (Å²) in [6, 6.07) is 7.71. The van der Waals surface area contributed by atoms with Crippen LogP contribution in [0.5, 0.6) is 0 Å². The molecule has 0 bridgehead atoms. The highest BCUT2D eigenvalue weighted by Gasteiger charge is 2.32. The summed E-state index contributed by atoms with van der Waals surface area (Å²) < 4.78 is 5.21. The monoisotopic (exact) mass is 290 g/mol. The normalized spacial score (nSPS) is 13.8. The third-order valence-corrected chi connectivity index (χ3v) is 3.53. The standard InChI is InChI=1S/C16H22N2O3/c1-3-21-11-15(19)18(14-8-9-14)10-12-4-6-13(7-5-12)16(20)17-2/h4-7,14H,3,8-11H2,1-2H3,(H,17,20). The van der Waals surface area contributed by atoms with Crippen molar-refractivity contribution in [2.24, 2.45) is 0 Å². The van der Waals surface area contributed by atoms with E-state index in [9.17, 15) is 9.59 Å². The van der Waals surface area contributed by atoms with E-state index in [1.807, 2.05) is 24.0 Å². The summed E-state index contributed by atoms with van der Waals surface area (Å²) in [7, 11) is 1.61. The Balaban J connectivity index is 2.00. The lowest BCUT2D eigenvalue weighted by Crippen LogP contribution is -2.35. The first kappa shape index (κ1) is 15.5. The van der Waals surface area contributed by atoms with Crippen molar-refractivity contribution in [1.29, 1.82) is 0 Å². The summed E-state index contributed by atoms with van der Waals surface area (Å²) in [6.07, 6.45) is 2.13. The summed E-state index contributed by atoms with van der Waals surface area (Å²) in [5, 5.41) is 2.59. The lowest BCUT2D eigenvalue weighted by Gasteiger charge is -2.22. The van der Waals surface area contributed by atoms with Crippen molar-refractivity contribution in [3.8, 4) is 0 Å². The molecule has 1 aromatic rings. The largest absolute Gasteiger partial charge is 0.372 e. The highest BCUT2D eigenvalue weighted by Crippen LogP contribution is 2.28. The van der Waals surface area contributed by atoms with Crippen LogP contribution in [0.15, 0.2) is 24.3 Å². The van der Waals surface area contributed by atoms with Crippen LogP contribution in [0.2, 0.25) is 0 Å². The Hall–Kier alpha value is -1.88. The van der Waals surface area contributed by atoms with Gasteiger partial charge in [0, 0.05) is 31.8 Å². The maximum Gasteiger partial charge on any atom is 0.251 e. The first-order valence-electron chi connectivity index (χ1n) is 7.34. The Kier molecular flexibility index (Phi) is 5.33. The molecule has 1 aromatic carbocycles. The Labute approximate surface area is 125 Å². The number of ether oxygens (including phenoxy) is 1. The van der Waals surface area contributed by atoms with Crippen LogP contribution < -0.4 is 5.32 Å². The SMILES string of the molecule is CCOCC(=O)N(Cc1ccc(C(=O)NC)cc1)C1CC1. The molecule has 0 spiro atoms. The molecule has 1 aliphatic rings. The fraction of sp³-hybridized carbons (Fsp3) is 0.500. The maximum absolute atomic E-state index is 12.1. The van der Waals surface area contributed by atoms with E-state index in [-0.39, 0.29) is 18.4 Å². The molecule has 0 heterocycles. The van der Waals surface area contributed by atoms with Gasteiger partial charge >= 0.3 is 0 Å². The van der Waals surface area contributed by atoms with Gasteiger partial charge in [0.25, 0.3) is 5.91 Å². The molecule has 0 aliphatic heterocycles. The Morgan fingerprint density at radius 2 is 1.95 bits per heavy atom.